The van der Waals surface area contributed by atoms with Crippen molar-refractivity contribution < 1.29 is 36.3 Å². The van der Waals surface area contributed by atoms with Crippen LogP contribution in [0.3, 0.4) is 0 Å². The second kappa shape index (κ2) is 10.7. The van der Waals surface area contributed by atoms with Gasteiger partial charge in [-0.2, -0.15) is 13.2 Å². The van der Waals surface area contributed by atoms with E-state index in [1.165, 1.54) is 23.2 Å². The summed E-state index contributed by atoms with van der Waals surface area (Å²) in [6.45, 7) is 4.37. The molecule has 2 amide bonds. The van der Waals surface area contributed by atoms with Gasteiger partial charge in [-0.25, -0.2) is 8.78 Å². The van der Waals surface area contributed by atoms with Crippen LogP contribution in [0.2, 0.25) is 0 Å². The van der Waals surface area contributed by atoms with Crippen LogP contribution in [-0.4, -0.2) is 40.9 Å². The molecule has 1 aromatic heterocycles. The summed E-state index contributed by atoms with van der Waals surface area (Å²) in [4.78, 5) is 29.1. The Hall–Kier alpha value is -3.63. The summed E-state index contributed by atoms with van der Waals surface area (Å²) in [7, 11) is 0. The van der Waals surface area contributed by atoms with Crippen molar-refractivity contribution in [2.45, 2.75) is 39.0 Å². The molecule has 1 atom stereocenters. The first-order chi connectivity index (χ1) is 16.6. The van der Waals surface area contributed by atoms with Gasteiger partial charge in [0.2, 0.25) is 0 Å². The van der Waals surface area contributed by atoms with Crippen molar-refractivity contribution in [2.24, 2.45) is 0 Å². The minimum atomic E-state index is -4.45. The van der Waals surface area contributed by atoms with Gasteiger partial charge in [-0.1, -0.05) is 13.8 Å². The second-order valence-electron chi connectivity index (χ2n) is 7.62. The van der Waals surface area contributed by atoms with E-state index in [9.17, 15) is 31.5 Å². The van der Waals surface area contributed by atoms with E-state index in [1.807, 2.05) is 13.8 Å². The zero-order valence-electron chi connectivity index (χ0n) is 19.0. The molecule has 1 unspecified atom stereocenters. The summed E-state index contributed by atoms with van der Waals surface area (Å²) in [6.07, 6.45) is -2.55. The number of hydrogen-bond donors (Lipinski definition) is 2. The Balaban J connectivity index is 0.00000167. The summed E-state index contributed by atoms with van der Waals surface area (Å²) < 4.78 is 70.7. The summed E-state index contributed by atoms with van der Waals surface area (Å²) in [5.41, 5.74) is -0.427. The number of aromatic nitrogens is 1. The maximum absolute atomic E-state index is 13.5. The summed E-state index contributed by atoms with van der Waals surface area (Å²) in [5, 5.41) is 2.60. The lowest BCUT2D eigenvalue weighted by Crippen LogP contribution is -2.48. The molecule has 35 heavy (non-hydrogen) atoms. The number of ether oxygens (including phenoxy) is 1. The number of nitrogens with one attached hydrogen (secondary N) is 2. The van der Waals surface area contributed by atoms with E-state index in [0.717, 1.165) is 24.3 Å². The Morgan fingerprint density at radius 2 is 1.74 bits per heavy atom. The lowest BCUT2D eigenvalue weighted by molar-refractivity contribution is -0.144. The fourth-order valence-electron chi connectivity index (χ4n) is 3.67. The molecule has 2 N–H and O–H groups in total. The van der Waals surface area contributed by atoms with Crippen LogP contribution < -0.4 is 10.1 Å². The van der Waals surface area contributed by atoms with Crippen molar-refractivity contribution >= 4 is 28.4 Å². The molecule has 2 heterocycles. The molecule has 1 saturated heterocycles. The van der Waals surface area contributed by atoms with Gasteiger partial charge in [-0.15, -0.1) is 0 Å². The van der Waals surface area contributed by atoms with Crippen molar-refractivity contribution in [2.75, 3.05) is 18.4 Å². The number of piperidine rings is 1. The Bertz CT molecular complexity index is 1190. The number of carbonyl (C=O) groups excluding carboxylic acids is 2. The molecule has 1 aliphatic heterocycles. The highest BCUT2D eigenvalue weighted by Gasteiger charge is 2.31. The third-order valence-corrected chi connectivity index (χ3v) is 5.31. The normalized spacial score (nSPS) is 15.9. The number of benzene rings is 2. The van der Waals surface area contributed by atoms with Crippen molar-refractivity contribution in [3.8, 4) is 5.75 Å². The van der Waals surface area contributed by atoms with Gasteiger partial charge in [0.1, 0.15) is 11.9 Å². The van der Waals surface area contributed by atoms with E-state index in [4.69, 9.17) is 4.74 Å². The zero-order chi connectivity index (χ0) is 25.8. The van der Waals surface area contributed by atoms with Gasteiger partial charge in [0.25, 0.3) is 0 Å². The number of amides is 2. The fourth-order valence-corrected chi connectivity index (χ4v) is 3.67. The summed E-state index contributed by atoms with van der Waals surface area (Å²) in [6, 6.07) is 6.07. The van der Waals surface area contributed by atoms with E-state index in [1.54, 1.807) is 0 Å². The van der Waals surface area contributed by atoms with Crippen molar-refractivity contribution in [1.29, 1.82) is 0 Å². The Kier molecular flexibility index (Phi) is 7.98. The van der Waals surface area contributed by atoms with Crippen LogP contribution in [0.5, 0.6) is 5.75 Å². The molecule has 0 saturated carbocycles. The minimum Gasteiger partial charge on any atom is -0.489 e. The number of carbonyl (C=O) groups is 2. The molecule has 1 aliphatic rings. The monoisotopic (exact) mass is 497 g/mol. The summed E-state index contributed by atoms with van der Waals surface area (Å²) in [5.74, 6) is -3.72. The summed E-state index contributed by atoms with van der Waals surface area (Å²) >= 11 is 0. The van der Waals surface area contributed by atoms with Crippen molar-refractivity contribution in [3.63, 3.8) is 0 Å². The van der Waals surface area contributed by atoms with Gasteiger partial charge in [0.15, 0.2) is 11.6 Å². The first-order valence-electron chi connectivity index (χ1n) is 11.0. The Morgan fingerprint density at radius 3 is 2.40 bits per heavy atom. The van der Waals surface area contributed by atoms with Crippen LogP contribution in [0.25, 0.3) is 10.9 Å². The number of nitrogens with zero attached hydrogens (tertiary/aromatic N) is 1. The number of H-pyrrole nitrogens is 1. The van der Waals surface area contributed by atoms with E-state index in [0.29, 0.717) is 19.4 Å². The average Bonchev–Trinajstić information content (AvgIpc) is 3.21. The van der Waals surface area contributed by atoms with Crippen LogP contribution in [-0.2, 0) is 15.8 Å². The molecular weight excluding hydrogens is 473 g/mol. The maximum atomic E-state index is 13.5. The van der Waals surface area contributed by atoms with Crippen LogP contribution in [0, 0.1) is 11.6 Å². The molecule has 0 aliphatic carbocycles. The number of hydrogen-bond acceptors (Lipinski definition) is 3. The molecule has 0 bridgehead atoms. The van der Waals surface area contributed by atoms with Crippen LogP contribution in [0.1, 0.15) is 32.3 Å². The molecule has 2 aromatic carbocycles. The highest BCUT2D eigenvalue weighted by molar-refractivity contribution is 6.40. The molecule has 0 radical (unpaired) electrons. The Morgan fingerprint density at radius 1 is 1.09 bits per heavy atom. The van der Waals surface area contributed by atoms with Gasteiger partial charge < -0.3 is 19.9 Å². The topological polar surface area (TPSA) is 74.4 Å². The number of rotatable bonds is 3. The molecule has 3 aromatic rings. The van der Waals surface area contributed by atoms with Crippen LogP contribution in [0.15, 0.2) is 42.6 Å². The molecule has 4 rings (SSSR count). The third kappa shape index (κ3) is 6.09. The van der Waals surface area contributed by atoms with Gasteiger partial charge in [-0.05, 0) is 43.2 Å². The fraction of sp³-hybridized carbons (Fsp3) is 0.333. The van der Waals surface area contributed by atoms with Gasteiger partial charge in [-0.3, -0.25) is 9.59 Å². The largest absolute Gasteiger partial charge is 0.489 e. The van der Waals surface area contributed by atoms with E-state index < -0.39 is 41.3 Å². The Labute approximate surface area is 198 Å². The second-order valence-corrected chi connectivity index (χ2v) is 7.62. The first-order valence-corrected chi connectivity index (χ1v) is 11.0. The third-order valence-electron chi connectivity index (χ3n) is 5.31. The number of aromatic amines is 1. The van der Waals surface area contributed by atoms with Crippen LogP contribution >= 0.6 is 0 Å². The first kappa shape index (κ1) is 26.0. The number of likely N-dealkylation sites (tertiary alicyclic amines) is 1. The quantitative estimate of drug-likeness (QED) is 0.371. The SMILES string of the molecule is CC.O=C(Nc1c[nH]c2cc(F)c(F)cc12)C(=O)N1CCCC(Oc2ccc(C(F)(F)F)cc2)C1. The molecule has 1 fully saturated rings. The van der Waals surface area contributed by atoms with Gasteiger partial charge >= 0.3 is 18.0 Å². The highest BCUT2D eigenvalue weighted by Crippen LogP contribution is 2.31. The number of anilines is 1. The van der Waals surface area contributed by atoms with Gasteiger partial charge in [0, 0.05) is 24.2 Å². The predicted molar refractivity (Wildman–Crippen MR) is 120 cm³/mol. The number of fused-ring (bicyclic) bond motifs is 1. The van der Waals surface area contributed by atoms with E-state index >= 15 is 0 Å². The van der Waals surface area contributed by atoms with Crippen molar-refractivity contribution in [1.82, 2.24) is 9.88 Å². The van der Waals surface area contributed by atoms with Crippen molar-refractivity contribution in [3.05, 3.63) is 59.8 Å². The molecule has 0 spiro atoms. The predicted octanol–water partition coefficient (Wildman–Crippen LogP) is 5.50. The smallest absolute Gasteiger partial charge is 0.416 e. The maximum Gasteiger partial charge on any atom is 0.416 e. The number of halogens is 5. The highest BCUT2D eigenvalue weighted by atomic mass is 19.4. The molecular formula is C24H24F5N3O3. The average molecular weight is 497 g/mol. The minimum absolute atomic E-state index is 0.0704. The number of alkyl halides is 3. The standard InChI is InChI=1S/C22H18F5N3O3.C2H6/c23-16-8-15-18(9-17(16)24)28-10-19(15)29-20(31)21(32)30-7-1-2-14(11-30)33-13-5-3-12(4-6-13)22(25,26)27;1-2/h3-6,8-10,14,28H,1-2,7,11H2,(H,29,31);1-2H3. The lowest BCUT2D eigenvalue weighted by atomic mass is 10.1. The lowest BCUT2D eigenvalue weighted by Gasteiger charge is -2.32. The molecule has 188 valence electrons. The van der Waals surface area contributed by atoms with E-state index in [2.05, 4.69) is 10.3 Å². The molecule has 11 heteroatoms. The molecule has 6 nitrogen and oxygen atoms in total. The van der Waals surface area contributed by atoms with Crippen LogP contribution in [0.4, 0.5) is 27.6 Å². The van der Waals surface area contributed by atoms with E-state index in [-0.39, 0.29) is 28.9 Å². The van der Waals surface area contributed by atoms with Gasteiger partial charge in [0.05, 0.1) is 23.3 Å². The zero-order valence-corrected chi connectivity index (χ0v) is 19.0.